The summed E-state index contributed by atoms with van der Waals surface area (Å²) in [6.45, 7) is 8.75. The van der Waals surface area contributed by atoms with Gasteiger partial charge < -0.3 is 15.0 Å². The van der Waals surface area contributed by atoms with Crippen LogP contribution in [0.15, 0.2) is 18.2 Å². The number of ether oxygens (including phenoxy) is 1. The minimum Gasteiger partial charge on any atom is -0.444 e. The van der Waals surface area contributed by atoms with Crippen molar-refractivity contribution in [2.75, 3.05) is 19.6 Å². The highest BCUT2D eigenvalue weighted by molar-refractivity contribution is 6.42. The molecule has 0 saturated carbocycles. The van der Waals surface area contributed by atoms with E-state index >= 15 is 0 Å². The molecule has 0 bridgehead atoms. The normalized spacial score (nSPS) is 18.3. The van der Waals surface area contributed by atoms with Gasteiger partial charge in [0.25, 0.3) is 0 Å². The molecule has 0 radical (unpaired) electrons. The Balaban J connectivity index is 1.73. The van der Waals surface area contributed by atoms with Crippen molar-refractivity contribution in [2.45, 2.75) is 39.3 Å². The van der Waals surface area contributed by atoms with Gasteiger partial charge in [-0.15, -0.1) is 0 Å². The summed E-state index contributed by atoms with van der Waals surface area (Å²) in [5.74, 6) is 0.449. The number of nitrogens with zero attached hydrogens (tertiary/aromatic N) is 1. The Kier molecular flexibility index (Phi) is 6.18. The van der Waals surface area contributed by atoms with Crippen LogP contribution < -0.4 is 5.32 Å². The van der Waals surface area contributed by atoms with Gasteiger partial charge >= 0.3 is 6.09 Å². The SMILES string of the molecule is CC(C)(C)OC(=O)N1CC[C@H](CNCc2ccc(Cl)c(Cl)c2)C1. The largest absolute Gasteiger partial charge is 0.444 e. The van der Waals surface area contributed by atoms with Crippen LogP contribution in [0.3, 0.4) is 0 Å². The monoisotopic (exact) mass is 358 g/mol. The minimum absolute atomic E-state index is 0.218. The predicted molar refractivity (Wildman–Crippen MR) is 94.1 cm³/mol. The Hall–Kier alpha value is -0.970. The lowest BCUT2D eigenvalue weighted by Crippen LogP contribution is -2.36. The molecule has 1 atom stereocenters. The zero-order chi connectivity index (χ0) is 17.0. The molecule has 0 aromatic heterocycles. The van der Waals surface area contributed by atoms with Gasteiger partial charge in [0.2, 0.25) is 0 Å². The van der Waals surface area contributed by atoms with E-state index in [1.807, 2.05) is 32.9 Å². The molecule has 1 fully saturated rings. The lowest BCUT2D eigenvalue weighted by Gasteiger charge is -2.24. The first-order chi connectivity index (χ1) is 10.7. The number of halogens is 2. The second-order valence-electron chi connectivity index (χ2n) is 6.96. The van der Waals surface area contributed by atoms with Gasteiger partial charge in [-0.1, -0.05) is 29.3 Å². The highest BCUT2D eigenvalue weighted by Crippen LogP contribution is 2.23. The number of carbonyl (C=O) groups is 1. The van der Waals surface area contributed by atoms with Gasteiger partial charge in [0.15, 0.2) is 0 Å². The van der Waals surface area contributed by atoms with E-state index in [4.69, 9.17) is 27.9 Å². The summed E-state index contributed by atoms with van der Waals surface area (Å²) in [5, 5.41) is 4.56. The maximum Gasteiger partial charge on any atom is 0.410 e. The fourth-order valence-corrected chi connectivity index (χ4v) is 2.88. The Labute approximate surface area is 148 Å². The number of likely N-dealkylation sites (tertiary alicyclic amines) is 1. The zero-order valence-corrected chi connectivity index (χ0v) is 15.4. The summed E-state index contributed by atoms with van der Waals surface area (Å²) in [4.78, 5) is 13.8. The first kappa shape index (κ1) is 18.4. The van der Waals surface area contributed by atoms with Crippen LogP contribution in [0, 0.1) is 5.92 Å². The van der Waals surface area contributed by atoms with Gasteiger partial charge in [0.1, 0.15) is 5.60 Å². The van der Waals surface area contributed by atoms with Crippen LogP contribution in [0.25, 0.3) is 0 Å². The standard InChI is InChI=1S/C17H24Cl2N2O2/c1-17(2,3)23-16(22)21-7-6-13(11-21)10-20-9-12-4-5-14(18)15(19)8-12/h4-5,8,13,20H,6-7,9-11H2,1-3H3/t13-/m1/s1. The van der Waals surface area contributed by atoms with Crippen molar-refractivity contribution in [3.8, 4) is 0 Å². The highest BCUT2D eigenvalue weighted by atomic mass is 35.5. The summed E-state index contributed by atoms with van der Waals surface area (Å²) in [7, 11) is 0. The molecule has 4 nitrogen and oxygen atoms in total. The molecule has 1 saturated heterocycles. The average Bonchev–Trinajstić information content (AvgIpc) is 2.90. The lowest BCUT2D eigenvalue weighted by molar-refractivity contribution is 0.0288. The molecule has 23 heavy (non-hydrogen) atoms. The van der Waals surface area contributed by atoms with Crippen molar-refractivity contribution in [3.05, 3.63) is 33.8 Å². The molecule has 1 amide bonds. The average molecular weight is 359 g/mol. The lowest BCUT2D eigenvalue weighted by atomic mass is 10.1. The molecule has 0 aliphatic carbocycles. The second kappa shape index (κ2) is 7.73. The van der Waals surface area contributed by atoms with Crippen LogP contribution in [-0.4, -0.2) is 36.2 Å². The second-order valence-corrected chi connectivity index (χ2v) is 7.77. The molecule has 1 aliphatic rings. The summed E-state index contributed by atoms with van der Waals surface area (Å²) in [6, 6.07) is 5.64. The third kappa shape index (κ3) is 5.87. The Bertz CT molecular complexity index is 558. The molecular formula is C17H24Cl2N2O2. The first-order valence-corrected chi connectivity index (χ1v) is 8.63. The van der Waals surface area contributed by atoms with Crippen molar-refractivity contribution in [1.29, 1.82) is 0 Å². The molecule has 1 aromatic carbocycles. The number of amides is 1. The van der Waals surface area contributed by atoms with E-state index in [1.54, 1.807) is 11.0 Å². The number of hydrogen-bond acceptors (Lipinski definition) is 3. The van der Waals surface area contributed by atoms with E-state index < -0.39 is 5.60 Å². The van der Waals surface area contributed by atoms with Crippen molar-refractivity contribution < 1.29 is 9.53 Å². The summed E-state index contributed by atoms with van der Waals surface area (Å²) in [6.07, 6.45) is 0.776. The molecule has 2 rings (SSSR count). The zero-order valence-electron chi connectivity index (χ0n) is 13.9. The van der Waals surface area contributed by atoms with Crippen LogP contribution in [0.5, 0.6) is 0 Å². The Morgan fingerprint density at radius 2 is 2.09 bits per heavy atom. The van der Waals surface area contributed by atoms with Gasteiger partial charge in [-0.25, -0.2) is 4.79 Å². The number of benzene rings is 1. The molecule has 1 aliphatic heterocycles. The first-order valence-electron chi connectivity index (χ1n) is 7.87. The maximum absolute atomic E-state index is 12.0. The van der Waals surface area contributed by atoms with Crippen LogP contribution in [-0.2, 0) is 11.3 Å². The summed E-state index contributed by atoms with van der Waals surface area (Å²) in [5.41, 5.74) is 0.655. The van der Waals surface area contributed by atoms with Crippen LogP contribution in [0.1, 0.15) is 32.8 Å². The molecule has 1 N–H and O–H groups in total. The molecule has 6 heteroatoms. The van der Waals surface area contributed by atoms with Gasteiger partial charge in [-0.3, -0.25) is 0 Å². The quantitative estimate of drug-likeness (QED) is 0.870. The summed E-state index contributed by atoms with van der Waals surface area (Å²) < 4.78 is 5.41. The van der Waals surface area contributed by atoms with Crippen LogP contribution in [0.2, 0.25) is 10.0 Å². The number of nitrogens with one attached hydrogen (secondary N) is 1. The Morgan fingerprint density at radius 3 is 2.74 bits per heavy atom. The fraction of sp³-hybridized carbons (Fsp3) is 0.588. The van der Waals surface area contributed by atoms with Gasteiger partial charge in [-0.2, -0.15) is 0 Å². The topological polar surface area (TPSA) is 41.6 Å². The molecule has 0 spiro atoms. The predicted octanol–water partition coefficient (Wildman–Crippen LogP) is 4.34. The van der Waals surface area contributed by atoms with Crippen molar-refractivity contribution >= 4 is 29.3 Å². The Morgan fingerprint density at radius 1 is 1.35 bits per heavy atom. The third-order valence-corrected chi connectivity index (χ3v) is 4.42. The number of carbonyl (C=O) groups excluding carboxylic acids is 1. The fourth-order valence-electron chi connectivity index (χ4n) is 2.56. The molecule has 1 heterocycles. The van der Waals surface area contributed by atoms with Gasteiger partial charge in [-0.05, 0) is 50.8 Å². The maximum atomic E-state index is 12.0. The van der Waals surface area contributed by atoms with E-state index in [0.717, 1.165) is 38.2 Å². The van der Waals surface area contributed by atoms with E-state index in [-0.39, 0.29) is 6.09 Å². The van der Waals surface area contributed by atoms with E-state index in [9.17, 15) is 4.79 Å². The van der Waals surface area contributed by atoms with Crippen molar-refractivity contribution in [2.24, 2.45) is 5.92 Å². The van der Waals surface area contributed by atoms with Crippen LogP contribution in [0.4, 0.5) is 4.79 Å². The van der Waals surface area contributed by atoms with Crippen molar-refractivity contribution in [3.63, 3.8) is 0 Å². The van der Waals surface area contributed by atoms with Crippen LogP contribution >= 0.6 is 23.2 Å². The van der Waals surface area contributed by atoms with Gasteiger partial charge in [0.05, 0.1) is 10.0 Å². The number of rotatable bonds is 4. The summed E-state index contributed by atoms with van der Waals surface area (Å²) >= 11 is 11.9. The smallest absolute Gasteiger partial charge is 0.410 e. The van der Waals surface area contributed by atoms with E-state index in [2.05, 4.69) is 5.32 Å². The highest BCUT2D eigenvalue weighted by Gasteiger charge is 2.29. The molecule has 1 aromatic rings. The van der Waals surface area contributed by atoms with Crippen molar-refractivity contribution in [1.82, 2.24) is 10.2 Å². The van der Waals surface area contributed by atoms with Gasteiger partial charge in [0, 0.05) is 26.2 Å². The molecular weight excluding hydrogens is 335 g/mol. The third-order valence-electron chi connectivity index (χ3n) is 3.68. The van der Waals surface area contributed by atoms with E-state index in [0.29, 0.717) is 16.0 Å². The minimum atomic E-state index is -0.443. The molecule has 128 valence electrons. The number of hydrogen-bond donors (Lipinski definition) is 1. The molecule has 0 unspecified atom stereocenters. The van der Waals surface area contributed by atoms with E-state index in [1.165, 1.54) is 0 Å².